The molecule has 4 heteroatoms. The number of nitrogens with two attached hydrogens (primary N) is 1. The fourth-order valence-corrected chi connectivity index (χ4v) is 1.13. The quantitative estimate of drug-likeness (QED) is 0.405. The molecule has 0 saturated heterocycles. The summed E-state index contributed by atoms with van der Waals surface area (Å²) in [7, 11) is 0. The van der Waals surface area contributed by atoms with E-state index < -0.39 is 0 Å². The SMILES string of the molecule is CCN(C(=O)NN)c1ccccc1. The highest BCUT2D eigenvalue weighted by Crippen LogP contribution is 2.12. The van der Waals surface area contributed by atoms with Crippen LogP contribution in [0.3, 0.4) is 0 Å². The predicted molar refractivity (Wildman–Crippen MR) is 52.2 cm³/mol. The molecular formula is C9H13N3O. The zero-order valence-electron chi connectivity index (χ0n) is 7.53. The summed E-state index contributed by atoms with van der Waals surface area (Å²) in [5, 5.41) is 0. The standard InChI is InChI=1S/C9H13N3O/c1-2-12(9(13)11-10)8-6-4-3-5-7-8/h3-7H,2,10H2,1H3,(H,11,13). The summed E-state index contributed by atoms with van der Waals surface area (Å²) in [4.78, 5) is 12.8. The molecule has 0 aliphatic rings. The van der Waals surface area contributed by atoms with Gasteiger partial charge in [-0.25, -0.2) is 10.6 Å². The van der Waals surface area contributed by atoms with Gasteiger partial charge in [-0.2, -0.15) is 0 Å². The first-order valence-corrected chi connectivity index (χ1v) is 4.12. The molecule has 1 aromatic carbocycles. The first-order valence-electron chi connectivity index (χ1n) is 4.12. The molecule has 0 heterocycles. The number of rotatable bonds is 2. The molecular weight excluding hydrogens is 166 g/mol. The Hall–Kier alpha value is -1.55. The van der Waals surface area contributed by atoms with Gasteiger partial charge in [-0.1, -0.05) is 18.2 Å². The van der Waals surface area contributed by atoms with Gasteiger partial charge in [0, 0.05) is 12.2 Å². The number of carbonyl (C=O) groups is 1. The maximum absolute atomic E-state index is 11.2. The van der Waals surface area contributed by atoms with Crippen molar-refractivity contribution in [1.82, 2.24) is 5.43 Å². The molecule has 0 aliphatic heterocycles. The lowest BCUT2D eigenvalue weighted by atomic mass is 10.3. The number of hydrazine groups is 1. The van der Waals surface area contributed by atoms with Crippen molar-refractivity contribution < 1.29 is 4.79 Å². The maximum atomic E-state index is 11.2. The van der Waals surface area contributed by atoms with Crippen molar-refractivity contribution in [2.24, 2.45) is 5.84 Å². The molecule has 1 rings (SSSR count). The molecule has 70 valence electrons. The summed E-state index contributed by atoms with van der Waals surface area (Å²) in [6.07, 6.45) is 0. The monoisotopic (exact) mass is 179 g/mol. The third-order valence-corrected chi connectivity index (χ3v) is 1.75. The first kappa shape index (κ1) is 9.54. The van der Waals surface area contributed by atoms with Crippen LogP contribution in [0, 0.1) is 0 Å². The molecule has 0 fully saturated rings. The summed E-state index contributed by atoms with van der Waals surface area (Å²) in [6.45, 7) is 2.48. The third-order valence-electron chi connectivity index (χ3n) is 1.75. The van der Waals surface area contributed by atoms with Crippen LogP contribution in [0.1, 0.15) is 6.92 Å². The van der Waals surface area contributed by atoms with Gasteiger partial charge in [0.2, 0.25) is 0 Å². The number of carbonyl (C=O) groups excluding carboxylic acids is 1. The number of para-hydroxylation sites is 1. The third kappa shape index (κ3) is 2.19. The van der Waals surface area contributed by atoms with Gasteiger partial charge in [0.25, 0.3) is 0 Å². The van der Waals surface area contributed by atoms with Crippen LogP contribution in [-0.4, -0.2) is 12.6 Å². The van der Waals surface area contributed by atoms with Gasteiger partial charge in [0.05, 0.1) is 0 Å². The van der Waals surface area contributed by atoms with Gasteiger partial charge in [0.1, 0.15) is 0 Å². The molecule has 3 N–H and O–H groups in total. The molecule has 0 aromatic heterocycles. The molecule has 0 bridgehead atoms. The number of amides is 2. The van der Waals surface area contributed by atoms with Crippen LogP contribution in [0.25, 0.3) is 0 Å². The van der Waals surface area contributed by atoms with Crippen molar-refractivity contribution >= 4 is 11.7 Å². The van der Waals surface area contributed by atoms with Gasteiger partial charge in [-0.3, -0.25) is 10.3 Å². The highest BCUT2D eigenvalue weighted by molar-refractivity contribution is 5.91. The number of hydrogen-bond donors (Lipinski definition) is 2. The van der Waals surface area contributed by atoms with Gasteiger partial charge in [-0.05, 0) is 19.1 Å². The Labute approximate surface area is 77.3 Å². The van der Waals surface area contributed by atoms with E-state index in [0.717, 1.165) is 5.69 Å². The molecule has 0 atom stereocenters. The average Bonchev–Trinajstić information content (AvgIpc) is 2.20. The Morgan fingerprint density at radius 2 is 2.08 bits per heavy atom. The summed E-state index contributed by atoms with van der Waals surface area (Å²) in [5.74, 6) is 5.04. The van der Waals surface area contributed by atoms with E-state index in [4.69, 9.17) is 5.84 Å². The van der Waals surface area contributed by atoms with E-state index in [2.05, 4.69) is 5.43 Å². The number of benzene rings is 1. The molecule has 13 heavy (non-hydrogen) atoms. The van der Waals surface area contributed by atoms with Crippen molar-refractivity contribution in [3.8, 4) is 0 Å². The second kappa shape index (κ2) is 4.47. The van der Waals surface area contributed by atoms with Gasteiger partial charge in [-0.15, -0.1) is 0 Å². The minimum absolute atomic E-state index is 0.297. The van der Waals surface area contributed by atoms with E-state index >= 15 is 0 Å². The summed E-state index contributed by atoms with van der Waals surface area (Å²) in [5.41, 5.74) is 2.94. The lowest BCUT2D eigenvalue weighted by Crippen LogP contribution is -2.43. The van der Waals surface area contributed by atoms with E-state index in [9.17, 15) is 4.79 Å². The molecule has 0 saturated carbocycles. The average molecular weight is 179 g/mol. The van der Waals surface area contributed by atoms with E-state index in [1.165, 1.54) is 0 Å². The summed E-state index contributed by atoms with van der Waals surface area (Å²) in [6, 6.07) is 9.08. The van der Waals surface area contributed by atoms with Crippen molar-refractivity contribution in [3.05, 3.63) is 30.3 Å². The molecule has 0 radical (unpaired) electrons. The minimum atomic E-state index is -0.297. The Kier molecular flexibility index (Phi) is 3.28. The largest absolute Gasteiger partial charge is 0.335 e. The van der Waals surface area contributed by atoms with Gasteiger partial charge >= 0.3 is 6.03 Å². The highest BCUT2D eigenvalue weighted by Gasteiger charge is 2.10. The van der Waals surface area contributed by atoms with Crippen molar-refractivity contribution in [1.29, 1.82) is 0 Å². The van der Waals surface area contributed by atoms with E-state index in [1.54, 1.807) is 4.90 Å². The fraction of sp³-hybridized carbons (Fsp3) is 0.222. The van der Waals surface area contributed by atoms with Crippen LogP contribution in [-0.2, 0) is 0 Å². The number of nitrogens with one attached hydrogen (secondary N) is 1. The summed E-state index contributed by atoms with van der Waals surface area (Å²) >= 11 is 0. The van der Waals surface area contributed by atoms with Crippen molar-refractivity contribution in [2.45, 2.75) is 6.92 Å². The highest BCUT2D eigenvalue weighted by atomic mass is 16.2. The minimum Gasteiger partial charge on any atom is -0.294 e. The number of hydrogen-bond acceptors (Lipinski definition) is 2. The molecule has 0 spiro atoms. The second-order valence-corrected chi connectivity index (χ2v) is 2.53. The number of nitrogens with zero attached hydrogens (tertiary/aromatic N) is 1. The van der Waals surface area contributed by atoms with Crippen LogP contribution < -0.4 is 16.2 Å². The fourth-order valence-electron chi connectivity index (χ4n) is 1.13. The van der Waals surface area contributed by atoms with Gasteiger partial charge in [0.15, 0.2) is 0 Å². The maximum Gasteiger partial charge on any atom is 0.335 e. The lowest BCUT2D eigenvalue weighted by molar-refractivity contribution is 0.247. The smallest absolute Gasteiger partial charge is 0.294 e. The van der Waals surface area contributed by atoms with Crippen LogP contribution >= 0.6 is 0 Å². The Morgan fingerprint density at radius 3 is 2.54 bits per heavy atom. The zero-order valence-corrected chi connectivity index (χ0v) is 7.53. The Balaban J connectivity index is 2.85. The van der Waals surface area contributed by atoms with Crippen molar-refractivity contribution in [3.63, 3.8) is 0 Å². The molecule has 0 unspecified atom stereocenters. The normalized spacial score (nSPS) is 9.38. The second-order valence-electron chi connectivity index (χ2n) is 2.53. The van der Waals surface area contributed by atoms with Crippen molar-refractivity contribution in [2.75, 3.05) is 11.4 Å². The first-order chi connectivity index (χ1) is 6.29. The Bertz CT molecular complexity index is 273. The molecule has 1 aromatic rings. The topological polar surface area (TPSA) is 58.4 Å². The summed E-state index contributed by atoms with van der Waals surface area (Å²) < 4.78 is 0. The zero-order chi connectivity index (χ0) is 9.68. The molecule has 4 nitrogen and oxygen atoms in total. The van der Waals surface area contributed by atoms with Crippen LogP contribution in [0.5, 0.6) is 0 Å². The van der Waals surface area contributed by atoms with E-state index in [0.29, 0.717) is 6.54 Å². The van der Waals surface area contributed by atoms with Crippen LogP contribution in [0.2, 0.25) is 0 Å². The van der Waals surface area contributed by atoms with E-state index in [1.807, 2.05) is 37.3 Å². The van der Waals surface area contributed by atoms with Crippen LogP contribution in [0.15, 0.2) is 30.3 Å². The lowest BCUT2D eigenvalue weighted by Gasteiger charge is -2.19. The Morgan fingerprint density at radius 1 is 1.46 bits per heavy atom. The van der Waals surface area contributed by atoms with E-state index in [-0.39, 0.29) is 6.03 Å². The van der Waals surface area contributed by atoms with Gasteiger partial charge < -0.3 is 0 Å². The number of urea groups is 1. The molecule has 0 aliphatic carbocycles. The number of anilines is 1. The predicted octanol–water partition coefficient (Wildman–Crippen LogP) is 1.10. The molecule has 2 amide bonds. The van der Waals surface area contributed by atoms with Crippen LogP contribution in [0.4, 0.5) is 10.5 Å².